The van der Waals surface area contributed by atoms with Crippen LogP contribution in [0.25, 0.3) is 0 Å². The van der Waals surface area contributed by atoms with Gasteiger partial charge in [-0.3, -0.25) is 19.3 Å². The molecule has 3 aromatic rings. The smallest absolute Gasteiger partial charge is 0.251 e. The Balaban J connectivity index is 1.54. The number of ether oxygens (including phenoxy) is 1. The number of halogens is 1. The number of Topliss-reactive ketones (excluding diaryl/α,β-unsaturated/α-hetero) is 1. The first-order valence-electron chi connectivity index (χ1n) is 13.5. The Labute approximate surface area is 237 Å². The SMILES string of the molecule is C=CCOc1cccc(C(=O)[C@@H]2[C@@H]3CCCN3[C@@]3(C(=O)Nc4c(C)cc(Cl)cc43)[C@@]23C(=O)Nc2ccccc23)c1. The summed E-state index contributed by atoms with van der Waals surface area (Å²) in [5.74, 6) is -1.13. The number of para-hydroxylation sites is 1. The normalized spacial score (nSPS) is 27.9. The lowest BCUT2D eigenvalue weighted by Gasteiger charge is -2.43. The maximum atomic E-state index is 14.8. The molecular weight excluding hydrogens is 526 g/mol. The van der Waals surface area contributed by atoms with E-state index < -0.39 is 16.9 Å². The van der Waals surface area contributed by atoms with Crippen LogP contribution in [0.3, 0.4) is 0 Å². The number of amides is 2. The van der Waals surface area contributed by atoms with E-state index in [-0.39, 0.29) is 23.6 Å². The van der Waals surface area contributed by atoms with Gasteiger partial charge >= 0.3 is 0 Å². The number of benzene rings is 3. The zero-order chi connectivity index (χ0) is 27.8. The fourth-order valence-electron chi connectivity index (χ4n) is 7.89. The van der Waals surface area contributed by atoms with Gasteiger partial charge in [0.15, 0.2) is 5.78 Å². The Bertz CT molecular complexity index is 1640. The van der Waals surface area contributed by atoms with Gasteiger partial charge < -0.3 is 15.4 Å². The number of nitrogens with one attached hydrogen (secondary N) is 2. The number of carbonyl (C=O) groups excluding carboxylic acids is 3. The molecular formula is C32H28ClN3O4. The van der Waals surface area contributed by atoms with E-state index in [1.165, 1.54) is 0 Å². The molecule has 0 aliphatic carbocycles. The van der Waals surface area contributed by atoms with Crippen LogP contribution in [0, 0.1) is 12.8 Å². The minimum atomic E-state index is -1.52. The van der Waals surface area contributed by atoms with Crippen molar-refractivity contribution in [3.63, 3.8) is 0 Å². The molecule has 2 spiro atoms. The van der Waals surface area contributed by atoms with Gasteiger partial charge in [-0.05, 0) is 67.8 Å². The van der Waals surface area contributed by atoms with Gasteiger partial charge in [-0.25, -0.2) is 0 Å². The third kappa shape index (κ3) is 2.96. The summed E-state index contributed by atoms with van der Waals surface area (Å²) in [5, 5.41) is 6.65. The molecule has 0 aromatic heterocycles. The second kappa shape index (κ2) is 8.78. The van der Waals surface area contributed by atoms with Gasteiger partial charge in [0.1, 0.15) is 23.3 Å². The van der Waals surface area contributed by atoms with E-state index in [0.717, 1.165) is 12.0 Å². The van der Waals surface area contributed by atoms with Gasteiger partial charge in [0.05, 0.1) is 5.92 Å². The van der Waals surface area contributed by atoms with Crippen molar-refractivity contribution in [2.24, 2.45) is 5.92 Å². The summed E-state index contributed by atoms with van der Waals surface area (Å²) in [6, 6.07) is 17.7. The largest absolute Gasteiger partial charge is 0.490 e. The Kier molecular flexibility index (Phi) is 5.50. The Morgan fingerprint density at radius 3 is 2.75 bits per heavy atom. The van der Waals surface area contributed by atoms with Crippen LogP contribution in [0.2, 0.25) is 5.02 Å². The van der Waals surface area contributed by atoms with E-state index in [0.29, 0.717) is 58.4 Å². The second-order valence-electron chi connectivity index (χ2n) is 11.0. The molecule has 2 fully saturated rings. The minimum Gasteiger partial charge on any atom is -0.490 e. The molecule has 2 N–H and O–H groups in total. The highest BCUT2D eigenvalue weighted by atomic mass is 35.5. The average Bonchev–Trinajstić information content (AvgIpc) is 3.66. The van der Waals surface area contributed by atoms with Crippen LogP contribution in [0.15, 0.2) is 73.3 Å². The number of hydrogen-bond donors (Lipinski definition) is 2. The first-order chi connectivity index (χ1) is 19.3. The van der Waals surface area contributed by atoms with Crippen LogP contribution in [-0.2, 0) is 20.5 Å². The molecule has 7 rings (SSSR count). The monoisotopic (exact) mass is 553 g/mol. The van der Waals surface area contributed by atoms with Gasteiger partial charge in [0.2, 0.25) is 5.91 Å². The lowest BCUT2D eigenvalue weighted by molar-refractivity contribution is -0.137. The maximum Gasteiger partial charge on any atom is 0.251 e. The summed E-state index contributed by atoms with van der Waals surface area (Å²) in [6.07, 6.45) is 3.13. The van der Waals surface area contributed by atoms with Crippen LogP contribution >= 0.6 is 11.6 Å². The molecule has 8 heteroatoms. The third-order valence-electron chi connectivity index (χ3n) is 9.14. The van der Waals surface area contributed by atoms with Gasteiger partial charge in [-0.2, -0.15) is 0 Å². The third-order valence-corrected chi connectivity index (χ3v) is 9.35. The second-order valence-corrected chi connectivity index (χ2v) is 11.4. The molecule has 0 bridgehead atoms. The summed E-state index contributed by atoms with van der Waals surface area (Å²) < 4.78 is 5.73. The van der Waals surface area contributed by atoms with Crippen LogP contribution in [0.5, 0.6) is 5.75 Å². The quantitative estimate of drug-likeness (QED) is 0.334. The summed E-state index contributed by atoms with van der Waals surface area (Å²) in [6.45, 7) is 6.47. The maximum absolute atomic E-state index is 14.8. The van der Waals surface area contributed by atoms with E-state index >= 15 is 0 Å². The highest BCUT2D eigenvalue weighted by Crippen LogP contribution is 2.68. The van der Waals surface area contributed by atoms with Crippen molar-refractivity contribution in [1.29, 1.82) is 0 Å². The van der Waals surface area contributed by atoms with Crippen LogP contribution in [-0.4, -0.2) is 41.7 Å². The van der Waals surface area contributed by atoms with Crippen molar-refractivity contribution in [3.8, 4) is 5.75 Å². The van der Waals surface area contributed by atoms with Crippen molar-refractivity contribution in [1.82, 2.24) is 4.90 Å². The predicted octanol–water partition coefficient (Wildman–Crippen LogP) is 5.23. The molecule has 40 heavy (non-hydrogen) atoms. The molecule has 4 heterocycles. The average molecular weight is 554 g/mol. The summed E-state index contributed by atoms with van der Waals surface area (Å²) >= 11 is 6.62. The standard InChI is InChI=1S/C32H28ClN3O4/c1-3-14-40-21-9-6-8-19(16-21)28(37)26-25-12-7-13-36(25)32(23-17-20(33)15-18(2)27(23)35-30(32)39)31(26)22-10-4-5-11-24(22)34-29(31)38/h3-6,8-11,15-17,25-26H,1,7,12-14H2,2H3,(H,34,38)(H,35,39)/t25-,26-,31+,32-/m0/s1. The number of nitrogens with zero attached hydrogens (tertiary/aromatic N) is 1. The molecule has 4 atom stereocenters. The molecule has 0 unspecified atom stereocenters. The Morgan fingerprint density at radius 2 is 1.93 bits per heavy atom. The van der Waals surface area contributed by atoms with Crippen LogP contribution in [0.4, 0.5) is 11.4 Å². The molecule has 202 valence electrons. The number of ketones is 1. The Hall–Kier alpha value is -3.94. The molecule has 0 radical (unpaired) electrons. The summed E-state index contributed by atoms with van der Waals surface area (Å²) in [4.78, 5) is 46.0. The lowest BCUT2D eigenvalue weighted by Crippen LogP contribution is -2.62. The zero-order valence-corrected chi connectivity index (χ0v) is 22.8. The fraction of sp³-hybridized carbons (Fsp3) is 0.281. The first-order valence-corrected chi connectivity index (χ1v) is 13.9. The van der Waals surface area contributed by atoms with Crippen molar-refractivity contribution >= 4 is 40.6 Å². The Morgan fingerprint density at radius 1 is 1.10 bits per heavy atom. The van der Waals surface area contributed by atoms with E-state index in [1.807, 2.05) is 37.3 Å². The van der Waals surface area contributed by atoms with Gasteiger partial charge in [-0.15, -0.1) is 0 Å². The first kappa shape index (κ1) is 25.1. The van der Waals surface area contributed by atoms with Gasteiger partial charge in [-0.1, -0.05) is 54.6 Å². The van der Waals surface area contributed by atoms with E-state index in [1.54, 1.807) is 36.4 Å². The number of anilines is 2. The number of carbonyl (C=O) groups is 3. The van der Waals surface area contributed by atoms with E-state index in [9.17, 15) is 14.4 Å². The van der Waals surface area contributed by atoms with Crippen molar-refractivity contribution in [2.75, 3.05) is 23.8 Å². The highest BCUT2D eigenvalue weighted by Gasteiger charge is 2.81. The molecule has 4 aliphatic heterocycles. The molecule has 7 nitrogen and oxygen atoms in total. The molecule has 2 amide bonds. The number of rotatable bonds is 5. The summed E-state index contributed by atoms with van der Waals surface area (Å²) in [7, 11) is 0. The lowest BCUT2D eigenvalue weighted by atomic mass is 9.57. The van der Waals surface area contributed by atoms with Crippen molar-refractivity contribution in [3.05, 3.63) is 101 Å². The molecule has 4 aliphatic rings. The van der Waals surface area contributed by atoms with Crippen molar-refractivity contribution < 1.29 is 19.1 Å². The number of aryl methyl sites for hydroxylation is 1. The van der Waals surface area contributed by atoms with E-state index in [2.05, 4.69) is 22.1 Å². The number of hydrogen-bond acceptors (Lipinski definition) is 5. The zero-order valence-electron chi connectivity index (χ0n) is 22.0. The van der Waals surface area contributed by atoms with Crippen LogP contribution < -0.4 is 15.4 Å². The van der Waals surface area contributed by atoms with Crippen molar-refractivity contribution in [2.45, 2.75) is 36.8 Å². The highest BCUT2D eigenvalue weighted by molar-refractivity contribution is 6.31. The van der Waals surface area contributed by atoms with Gasteiger partial charge in [0.25, 0.3) is 5.91 Å². The number of fused-ring (bicyclic) bond motifs is 7. The predicted molar refractivity (Wildman–Crippen MR) is 153 cm³/mol. The van der Waals surface area contributed by atoms with E-state index in [4.69, 9.17) is 16.3 Å². The van der Waals surface area contributed by atoms with Gasteiger partial charge in [0, 0.05) is 33.6 Å². The minimum absolute atomic E-state index is 0.190. The summed E-state index contributed by atoms with van der Waals surface area (Å²) in [5.41, 5.74) is 0.870. The van der Waals surface area contributed by atoms with Crippen LogP contribution in [0.1, 0.15) is 39.9 Å². The fourth-order valence-corrected chi connectivity index (χ4v) is 8.16. The molecule has 0 saturated carbocycles. The molecule has 3 aromatic carbocycles. The molecule has 2 saturated heterocycles. The topological polar surface area (TPSA) is 87.7 Å².